The summed E-state index contributed by atoms with van der Waals surface area (Å²) >= 11 is 1.47. The van der Waals surface area contributed by atoms with Crippen LogP contribution in [0.4, 0.5) is 0 Å². The average molecular weight is 148 g/mol. The van der Waals surface area contributed by atoms with Crippen molar-refractivity contribution in [1.29, 1.82) is 0 Å². The normalized spacial score (nSPS) is 10.1. The van der Waals surface area contributed by atoms with Gasteiger partial charge >= 0.3 is 5.97 Å². The Kier molecular flexibility index (Phi) is 4.58. The van der Waals surface area contributed by atoms with Crippen LogP contribution in [0.2, 0.25) is 0 Å². The van der Waals surface area contributed by atoms with Gasteiger partial charge in [0.2, 0.25) is 0 Å². The molecule has 0 radical (unpaired) electrons. The van der Waals surface area contributed by atoms with Gasteiger partial charge in [-0.1, -0.05) is 13.8 Å². The number of carboxylic acid groups (broad SMARTS) is 1. The van der Waals surface area contributed by atoms with Crippen LogP contribution in [0.3, 0.4) is 0 Å². The smallest absolute Gasteiger partial charge is 0.313 e. The molecule has 54 valence electrons. The van der Waals surface area contributed by atoms with Crippen LogP contribution < -0.4 is 0 Å². The van der Waals surface area contributed by atoms with Gasteiger partial charge in [-0.2, -0.15) is 0 Å². The molecule has 0 unspecified atom stereocenters. The highest BCUT2D eigenvalue weighted by Gasteiger charge is 1.97. The molecule has 0 aliphatic carbocycles. The second kappa shape index (κ2) is 4.68. The van der Waals surface area contributed by atoms with E-state index in [2.05, 4.69) is 13.8 Å². The van der Waals surface area contributed by atoms with Crippen LogP contribution in [0.15, 0.2) is 0 Å². The van der Waals surface area contributed by atoms with E-state index in [9.17, 15) is 4.79 Å². The molecule has 0 aliphatic heterocycles. The molecule has 0 atom stereocenters. The van der Waals surface area contributed by atoms with Crippen molar-refractivity contribution in [2.75, 3.05) is 11.5 Å². The Labute approximate surface area is 59.6 Å². The zero-order valence-electron chi connectivity index (χ0n) is 5.76. The zero-order valence-corrected chi connectivity index (χ0v) is 6.57. The highest BCUT2D eigenvalue weighted by molar-refractivity contribution is 7.99. The first-order valence-electron chi connectivity index (χ1n) is 2.92. The van der Waals surface area contributed by atoms with Gasteiger partial charge in [-0.05, 0) is 11.7 Å². The van der Waals surface area contributed by atoms with Crippen molar-refractivity contribution in [1.82, 2.24) is 0 Å². The number of aliphatic carboxylic acids is 1. The fourth-order valence-electron chi connectivity index (χ4n) is 0.382. The van der Waals surface area contributed by atoms with Gasteiger partial charge in [0.25, 0.3) is 0 Å². The predicted octanol–water partition coefficient (Wildman–Crippen LogP) is 1.46. The highest BCUT2D eigenvalue weighted by atomic mass is 32.2. The Morgan fingerprint density at radius 2 is 2.22 bits per heavy atom. The molecule has 0 aromatic rings. The van der Waals surface area contributed by atoms with Crippen LogP contribution in [0, 0.1) is 5.92 Å². The quantitative estimate of drug-likeness (QED) is 0.655. The molecule has 0 spiro atoms. The maximum Gasteiger partial charge on any atom is 0.313 e. The molecular formula is C6H12O2S. The molecule has 0 fully saturated rings. The Balaban J connectivity index is 3.01. The van der Waals surface area contributed by atoms with Crippen molar-refractivity contribution >= 4 is 17.7 Å². The van der Waals surface area contributed by atoms with Gasteiger partial charge in [-0.15, -0.1) is 11.8 Å². The highest BCUT2D eigenvalue weighted by Crippen LogP contribution is 2.05. The molecule has 0 aliphatic rings. The number of carbonyl (C=O) groups is 1. The molecule has 0 saturated carbocycles. The van der Waals surface area contributed by atoms with Crippen LogP contribution in [0.25, 0.3) is 0 Å². The minimum atomic E-state index is -0.722. The first-order chi connectivity index (χ1) is 4.13. The lowest BCUT2D eigenvalue weighted by molar-refractivity contribution is -0.133. The van der Waals surface area contributed by atoms with Gasteiger partial charge in [0.05, 0.1) is 5.75 Å². The Morgan fingerprint density at radius 3 is 2.56 bits per heavy atom. The van der Waals surface area contributed by atoms with Crippen molar-refractivity contribution in [3.05, 3.63) is 0 Å². The molecule has 0 aromatic heterocycles. The molecule has 0 bridgehead atoms. The van der Waals surface area contributed by atoms with Crippen LogP contribution in [0.1, 0.15) is 13.8 Å². The average Bonchev–Trinajstić information content (AvgIpc) is 1.63. The summed E-state index contributed by atoms with van der Waals surface area (Å²) in [5.41, 5.74) is 0. The summed E-state index contributed by atoms with van der Waals surface area (Å²) in [6.07, 6.45) is 0. The van der Waals surface area contributed by atoms with Crippen molar-refractivity contribution < 1.29 is 9.90 Å². The minimum Gasteiger partial charge on any atom is -0.481 e. The molecule has 9 heavy (non-hydrogen) atoms. The number of rotatable bonds is 4. The van der Waals surface area contributed by atoms with Crippen molar-refractivity contribution in [3.8, 4) is 0 Å². The lowest BCUT2D eigenvalue weighted by Crippen LogP contribution is -2.01. The maximum atomic E-state index is 9.96. The van der Waals surface area contributed by atoms with Gasteiger partial charge in [0.15, 0.2) is 0 Å². The summed E-state index contributed by atoms with van der Waals surface area (Å²) in [6, 6.07) is 0. The Morgan fingerprint density at radius 1 is 1.67 bits per heavy atom. The third-order valence-electron chi connectivity index (χ3n) is 0.677. The standard InChI is InChI=1S/C6H12O2S/c1-5(2)3-9-4-6(7)8/h5H,3-4H2,1-2H3,(H,7,8). The van der Waals surface area contributed by atoms with E-state index in [0.29, 0.717) is 5.92 Å². The fourth-order valence-corrected chi connectivity index (χ4v) is 1.15. The lowest BCUT2D eigenvalue weighted by Gasteiger charge is -1.99. The summed E-state index contributed by atoms with van der Waals surface area (Å²) in [5, 5.41) is 8.21. The summed E-state index contributed by atoms with van der Waals surface area (Å²) in [5.74, 6) is 1.04. The van der Waals surface area contributed by atoms with E-state index in [-0.39, 0.29) is 5.75 Å². The molecule has 1 N–H and O–H groups in total. The predicted molar refractivity (Wildman–Crippen MR) is 39.8 cm³/mol. The van der Waals surface area contributed by atoms with Gasteiger partial charge in [-0.25, -0.2) is 0 Å². The van der Waals surface area contributed by atoms with Crippen molar-refractivity contribution in [2.24, 2.45) is 5.92 Å². The SMILES string of the molecule is CC(C)CSCC(=O)O. The number of carboxylic acids is 1. The molecule has 0 aromatic carbocycles. The molecule has 2 nitrogen and oxygen atoms in total. The third-order valence-corrected chi connectivity index (χ3v) is 2.03. The molecule has 0 heterocycles. The second-order valence-electron chi connectivity index (χ2n) is 2.30. The van der Waals surface area contributed by atoms with Crippen molar-refractivity contribution in [2.45, 2.75) is 13.8 Å². The molecule has 0 amide bonds. The van der Waals surface area contributed by atoms with E-state index in [4.69, 9.17) is 5.11 Å². The fraction of sp³-hybridized carbons (Fsp3) is 0.833. The minimum absolute atomic E-state index is 0.234. The van der Waals surface area contributed by atoms with Gasteiger partial charge < -0.3 is 5.11 Å². The summed E-state index contributed by atoms with van der Waals surface area (Å²) in [6.45, 7) is 4.16. The molecule has 0 saturated heterocycles. The summed E-state index contributed by atoms with van der Waals surface area (Å²) in [7, 11) is 0. The van der Waals surface area contributed by atoms with E-state index >= 15 is 0 Å². The zero-order chi connectivity index (χ0) is 7.28. The van der Waals surface area contributed by atoms with Crippen LogP contribution >= 0.6 is 11.8 Å². The summed E-state index contributed by atoms with van der Waals surface area (Å²) in [4.78, 5) is 9.96. The van der Waals surface area contributed by atoms with Gasteiger partial charge in [0, 0.05) is 0 Å². The Bertz CT molecular complexity index is 91.1. The number of hydrogen-bond acceptors (Lipinski definition) is 2. The van der Waals surface area contributed by atoms with E-state index < -0.39 is 5.97 Å². The van der Waals surface area contributed by atoms with Gasteiger partial charge in [0.1, 0.15) is 0 Å². The molecule has 3 heteroatoms. The van der Waals surface area contributed by atoms with Gasteiger partial charge in [-0.3, -0.25) is 4.79 Å². The largest absolute Gasteiger partial charge is 0.481 e. The van der Waals surface area contributed by atoms with E-state index in [1.165, 1.54) is 11.8 Å². The topological polar surface area (TPSA) is 37.3 Å². The van der Waals surface area contributed by atoms with Crippen molar-refractivity contribution in [3.63, 3.8) is 0 Å². The van der Waals surface area contributed by atoms with E-state index in [1.54, 1.807) is 0 Å². The lowest BCUT2D eigenvalue weighted by atomic mass is 10.3. The number of hydrogen-bond donors (Lipinski definition) is 1. The van der Waals surface area contributed by atoms with Crippen LogP contribution in [-0.4, -0.2) is 22.6 Å². The molecular weight excluding hydrogens is 136 g/mol. The molecule has 0 rings (SSSR count). The first-order valence-corrected chi connectivity index (χ1v) is 4.08. The third kappa shape index (κ3) is 7.82. The maximum absolute atomic E-state index is 9.96. The Hall–Kier alpha value is -0.180. The summed E-state index contributed by atoms with van der Waals surface area (Å²) < 4.78 is 0. The van der Waals surface area contributed by atoms with E-state index in [0.717, 1.165) is 5.75 Å². The monoisotopic (exact) mass is 148 g/mol. The van der Waals surface area contributed by atoms with Crippen LogP contribution in [0.5, 0.6) is 0 Å². The van der Waals surface area contributed by atoms with E-state index in [1.807, 2.05) is 0 Å². The first kappa shape index (κ1) is 8.82. The van der Waals surface area contributed by atoms with Crippen LogP contribution in [-0.2, 0) is 4.79 Å². The second-order valence-corrected chi connectivity index (χ2v) is 3.33. The number of thioether (sulfide) groups is 1.